The number of carbonyl (C=O) groups is 1. The Bertz CT molecular complexity index is 1290. The van der Waals surface area contributed by atoms with E-state index < -0.39 is 0 Å². The summed E-state index contributed by atoms with van der Waals surface area (Å²) >= 11 is 1.71. The number of pyridine rings is 1. The van der Waals surface area contributed by atoms with E-state index in [1.807, 2.05) is 30.5 Å². The van der Waals surface area contributed by atoms with Gasteiger partial charge in [-0.2, -0.15) is 0 Å². The molecule has 0 spiro atoms. The lowest BCUT2D eigenvalue weighted by molar-refractivity contribution is 0.0891. The summed E-state index contributed by atoms with van der Waals surface area (Å²) < 4.78 is 2.23. The first-order valence-electron chi connectivity index (χ1n) is 12.5. The SMILES string of the molecule is C[C@H]1[C@H](C)CCC[C@@H]1NC(=O)c1ccc(CSc2nc3ccncc3n2Cc2ccccc2)cc1. The van der Waals surface area contributed by atoms with Crippen LogP contribution in [-0.4, -0.2) is 26.5 Å². The molecule has 1 N–H and O–H groups in total. The second-order valence-electron chi connectivity index (χ2n) is 9.66. The van der Waals surface area contributed by atoms with Gasteiger partial charge in [-0.25, -0.2) is 4.98 Å². The smallest absolute Gasteiger partial charge is 0.251 e. The number of hydrogen-bond acceptors (Lipinski definition) is 4. The summed E-state index contributed by atoms with van der Waals surface area (Å²) in [5.74, 6) is 2.00. The van der Waals surface area contributed by atoms with Gasteiger partial charge in [0.2, 0.25) is 0 Å². The average molecular weight is 485 g/mol. The maximum atomic E-state index is 12.8. The van der Waals surface area contributed by atoms with E-state index in [1.165, 1.54) is 24.0 Å². The van der Waals surface area contributed by atoms with Crippen molar-refractivity contribution in [2.45, 2.75) is 56.6 Å². The van der Waals surface area contributed by atoms with Gasteiger partial charge in [-0.3, -0.25) is 9.78 Å². The van der Waals surface area contributed by atoms with Gasteiger partial charge >= 0.3 is 0 Å². The van der Waals surface area contributed by atoms with Crippen LogP contribution >= 0.6 is 11.8 Å². The summed E-state index contributed by atoms with van der Waals surface area (Å²) in [4.78, 5) is 22.0. The third-order valence-electron chi connectivity index (χ3n) is 7.31. The molecular formula is C29H32N4OS. The van der Waals surface area contributed by atoms with Crippen LogP contribution in [0.3, 0.4) is 0 Å². The van der Waals surface area contributed by atoms with Crippen molar-refractivity contribution in [3.8, 4) is 0 Å². The van der Waals surface area contributed by atoms with E-state index in [9.17, 15) is 4.79 Å². The molecule has 1 aliphatic rings. The molecule has 0 bridgehead atoms. The van der Waals surface area contributed by atoms with Crippen molar-refractivity contribution in [3.05, 3.63) is 89.7 Å². The lowest BCUT2D eigenvalue weighted by Crippen LogP contribution is -2.43. The molecule has 1 saturated carbocycles. The largest absolute Gasteiger partial charge is 0.349 e. The predicted molar refractivity (Wildman–Crippen MR) is 143 cm³/mol. The molecule has 0 saturated heterocycles. The van der Waals surface area contributed by atoms with Gasteiger partial charge in [0.1, 0.15) is 0 Å². The van der Waals surface area contributed by atoms with Crippen molar-refractivity contribution in [3.63, 3.8) is 0 Å². The van der Waals surface area contributed by atoms with Crippen LogP contribution < -0.4 is 5.32 Å². The number of amides is 1. The van der Waals surface area contributed by atoms with Gasteiger partial charge in [0.05, 0.1) is 23.8 Å². The van der Waals surface area contributed by atoms with E-state index in [2.05, 4.69) is 65.1 Å². The fourth-order valence-corrected chi connectivity index (χ4v) is 5.88. The van der Waals surface area contributed by atoms with E-state index in [1.54, 1.807) is 18.0 Å². The topological polar surface area (TPSA) is 59.8 Å². The summed E-state index contributed by atoms with van der Waals surface area (Å²) in [6.07, 6.45) is 7.20. The number of benzene rings is 2. The zero-order valence-corrected chi connectivity index (χ0v) is 21.2. The van der Waals surface area contributed by atoms with Gasteiger partial charge in [-0.15, -0.1) is 0 Å². The molecule has 2 heterocycles. The number of aromatic nitrogens is 3. The molecule has 3 atom stereocenters. The van der Waals surface area contributed by atoms with Gasteiger partial charge in [0.15, 0.2) is 5.16 Å². The number of nitrogens with zero attached hydrogens (tertiary/aromatic N) is 3. The molecule has 4 aromatic rings. The third-order valence-corrected chi connectivity index (χ3v) is 8.35. The number of thioether (sulfide) groups is 1. The second kappa shape index (κ2) is 10.6. The Kier molecular flexibility index (Phi) is 7.19. The standard InChI is InChI=1S/C29H32N4OS/c1-20-7-6-10-25(21(20)2)31-28(34)24-13-11-23(12-14-24)19-35-29-32-26-15-16-30-17-27(26)33(29)18-22-8-4-3-5-9-22/h3-5,8-9,11-17,20-21,25H,6-7,10,18-19H2,1-2H3,(H,31,34)/t20-,21+,25+/m1/s1. The van der Waals surface area contributed by atoms with Crippen LogP contribution in [0.25, 0.3) is 11.0 Å². The summed E-state index contributed by atoms with van der Waals surface area (Å²) in [6, 6.07) is 20.7. The van der Waals surface area contributed by atoms with E-state index >= 15 is 0 Å². The quantitative estimate of drug-likeness (QED) is 0.312. The molecule has 6 heteroatoms. The second-order valence-corrected chi connectivity index (χ2v) is 10.6. The minimum Gasteiger partial charge on any atom is -0.349 e. The Labute approximate surface area is 211 Å². The van der Waals surface area contributed by atoms with E-state index in [0.717, 1.165) is 40.5 Å². The van der Waals surface area contributed by atoms with Crippen molar-refractivity contribution in [1.29, 1.82) is 0 Å². The van der Waals surface area contributed by atoms with Crippen molar-refractivity contribution < 1.29 is 4.79 Å². The number of hydrogen-bond donors (Lipinski definition) is 1. The van der Waals surface area contributed by atoms with Crippen molar-refractivity contribution >= 4 is 28.7 Å². The number of nitrogens with one attached hydrogen (secondary N) is 1. The zero-order chi connectivity index (χ0) is 24.2. The average Bonchev–Trinajstić information content (AvgIpc) is 3.23. The Morgan fingerprint density at radius 3 is 2.63 bits per heavy atom. The van der Waals surface area contributed by atoms with E-state index in [-0.39, 0.29) is 11.9 Å². The zero-order valence-electron chi connectivity index (χ0n) is 20.4. The number of fused-ring (bicyclic) bond motifs is 1. The molecule has 2 aromatic carbocycles. The Balaban J connectivity index is 1.26. The van der Waals surface area contributed by atoms with Crippen molar-refractivity contribution in [1.82, 2.24) is 19.9 Å². The van der Waals surface area contributed by atoms with Crippen molar-refractivity contribution in [2.75, 3.05) is 0 Å². The van der Waals surface area contributed by atoms with Crippen LogP contribution in [0.2, 0.25) is 0 Å². The molecule has 5 nitrogen and oxygen atoms in total. The van der Waals surface area contributed by atoms with Crippen LogP contribution in [0.4, 0.5) is 0 Å². The molecular weight excluding hydrogens is 452 g/mol. The van der Waals surface area contributed by atoms with E-state index in [0.29, 0.717) is 11.8 Å². The van der Waals surface area contributed by atoms with Crippen LogP contribution in [0.5, 0.6) is 0 Å². The minimum absolute atomic E-state index is 0.0345. The third kappa shape index (κ3) is 5.43. The molecule has 0 radical (unpaired) electrons. The van der Waals surface area contributed by atoms with Gasteiger partial charge in [-0.05, 0) is 47.6 Å². The highest BCUT2D eigenvalue weighted by atomic mass is 32.2. The number of imidazole rings is 1. The normalized spacial score (nSPS) is 20.1. The molecule has 2 aromatic heterocycles. The summed E-state index contributed by atoms with van der Waals surface area (Å²) in [6.45, 7) is 5.30. The first kappa shape index (κ1) is 23.6. The molecule has 180 valence electrons. The Morgan fingerprint density at radius 2 is 1.83 bits per heavy atom. The van der Waals surface area contributed by atoms with Gasteiger partial charge < -0.3 is 9.88 Å². The molecule has 0 aliphatic heterocycles. The highest BCUT2D eigenvalue weighted by molar-refractivity contribution is 7.98. The van der Waals surface area contributed by atoms with Gasteiger partial charge in [0, 0.05) is 23.6 Å². The summed E-state index contributed by atoms with van der Waals surface area (Å²) in [5, 5.41) is 4.25. The molecule has 35 heavy (non-hydrogen) atoms. The molecule has 0 unspecified atom stereocenters. The van der Waals surface area contributed by atoms with Gasteiger partial charge in [-0.1, -0.05) is 80.9 Å². The maximum Gasteiger partial charge on any atom is 0.251 e. The fourth-order valence-electron chi connectivity index (χ4n) is 4.91. The first-order chi connectivity index (χ1) is 17.1. The fraction of sp³-hybridized carbons (Fsp3) is 0.345. The minimum atomic E-state index is 0.0345. The van der Waals surface area contributed by atoms with Crippen LogP contribution in [0, 0.1) is 11.8 Å². The Morgan fingerprint density at radius 1 is 1.03 bits per heavy atom. The lowest BCUT2D eigenvalue weighted by Gasteiger charge is -2.34. The number of rotatable bonds is 7. The summed E-state index contributed by atoms with van der Waals surface area (Å²) in [7, 11) is 0. The van der Waals surface area contributed by atoms with Crippen LogP contribution in [0.1, 0.15) is 54.6 Å². The molecule has 5 rings (SSSR count). The van der Waals surface area contributed by atoms with E-state index in [4.69, 9.17) is 4.98 Å². The summed E-state index contributed by atoms with van der Waals surface area (Å²) in [5.41, 5.74) is 5.12. The number of carbonyl (C=O) groups excluding carboxylic acids is 1. The monoisotopic (exact) mass is 484 g/mol. The molecule has 1 amide bonds. The highest BCUT2D eigenvalue weighted by Gasteiger charge is 2.28. The highest BCUT2D eigenvalue weighted by Crippen LogP contribution is 2.30. The van der Waals surface area contributed by atoms with Gasteiger partial charge in [0.25, 0.3) is 5.91 Å². The molecule has 1 aliphatic carbocycles. The van der Waals surface area contributed by atoms with Crippen LogP contribution in [-0.2, 0) is 12.3 Å². The Hall–Kier alpha value is -3.12. The first-order valence-corrected chi connectivity index (χ1v) is 13.4. The molecule has 1 fully saturated rings. The maximum absolute atomic E-state index is 12.8. The predicted octanol–water partition coefficient (Wildman–Crippen LogP) is 6.33. The van der Waals surface area contributed by atoms with Crippen molar-refractivity contribution in [2.24, 2.45) is 11.8 Å². The van der Waals surface area contributed by atoms with Crippen LogP contribution in [0.15, 0.2) is 78.2 Å². The lowest BCUT2D eigenvalue weighted by atomic mass is 9.78.